The number of oxime groups is 1. The fourth-order valence-corrected chi connectivity index (χ4v) is 7.02. The molecule has 0 radical (unpaired) electrons. The molecular weight excluding hydrogens is 636 g/mol. The SMILES string of the molecule is Cc1sc(N)nc1/C(=N/OC(=O)C(F)(F)F)C(=O)N[C@H]1C(=O)N2C(C(=O)O)=C(Sc3ccncc3CSCCN)CCC12. The molecule has 2 atom stereocenters. The maximum absolute atomic E-state index is 13.2. The van der Waals surface area contributed by atoms with Gasteiger partial charge in [0.15, 0.2) is 10.8 Å². The molecule has 19 heteroatoms. The van der Waals surface area contributed by atoms with E-state index in [0.717, 1.165) is 32.4 Å². The van der Waals surface area contributed by atoms with Gasteiger partial charge in [-0.1, -0.05) is 16.9 Å². The molecule has 0 spiro atoms. The number of halogens is 3. The van der Waals surface area contributed by atoms with Gasteiger partial charge in [0.05, 0.1) is 6.04 Å². The van der Waals surface area contributed by atoms with Gasteiger partial charge in [0, 0.05) is 45.1 Å². The van der Waals surface area contributed by atoms with Crippen LogP contribution in [0.25, 0.3) is 0 Å². The Morgan fingerprint density at radius 2 is 2.09 bits per heavy atom. The van der Waals surface area contributed by atoms with Gasteiger partial charge in [-0.05, 0) is 31.4 Å². The van der Waals surface area contributed by atoms with Crippen molar-refractivity contribution < 1.29 is 42.3 Å². The van der Waals surface area contributed by atoms with Gasteiger partial charge in [-0.3, -0.25) is 19.5 Å². The lowest BCUT2D eigenvalue weighted by Crippen LogP contribution is -2.72. The van der Waals surface area contributed by atoms with Gasteiger partial charge in [-0.2, -0.15) is 24.9 Å². The molecule has 0 saturated carbocycles. The molecule has 43 heavy (non-hydrogen) atoms. The second-order valence-corrected chi connectivity index (χ2v) is 12.5. The van der Waals surface area contributed by atoms with E-state index >= 15 is 0 Å². The summed E-state index contributed by atoms with van der Waals surface area (Å²) in [6.45, 7) is 1.96. The average Bonchev–Trinajstić information content (AvgIpc) is 3.28. The number of carbonyl (C=O) groups excluding carboxylic acids is 3. The smallest absolute Gasteiger partial charge is 0.477 e. The fourth-order valence-electron chi connectivity index (χ4n) is 4.33. The number of allylic oxidation sites excluding steroid dienone is 1. The third kappa shape index (κ3) is 7.11. The van der Waals surface area contributed by atoms with Crippen molar-refractivity contribution in [3.8, 4) is 0 Å². The summed E-state index contributed by atoms with van der Waals surface area (Å²) in [5, 5.41) is 15.5. The van der Waals surface area contributed by atoms with E-state index in [1.54, 1.807) is 30.2 Å². The number of thiazole rings is 1. The summed E-state index contributed by atoms with van der Waals surface area (Å²) in [7, 11) is 0. The van der Waals surface area contributed by atoms with Gasteiger partial charge in [-0.25, -0.2) is 14.6 Å². The molecule has 0 bridgehead atoms. The normalized spacial score (nSPS) is 18.7. The zero-order valence-corrected chi connectivity index (χ0v) is 24.7. The number of nitrogens with zero attached hydrogens (tertiary/aromatic N) is 4. The van der Waals surface area contributed by atoms with Gasteiger partial charge >= 0.3 is 18.1 Å². The number of anilines is 1. The number of pyridine rings is 1. The van der Waals surface area contributed by atoms with Gasteiger partial charge in [-0.15, -0.1) is 11.3 Å². The van der Waals surface area contributed by atoms with Crippen LogP contribution in [0.3, 0.4) is 0 Å². The van der Waals surface area contributed by atoms with Crippen LogP contribution in [0.4, 0.5) is 18.3 Å². The molecule has 2 amide bonds. The second-order valence-electron chi connectivity index (χ2n) is 9.04. The van der Waals surface area contributed by atoms with E-state index in [1.807, 2.05) is 0 Å². The first kappa shape index (κ1) is 32.2. The molecule has 2 aliphatic heterocycles. The van der Waals surface area contributed by atoms with Crippen molar-refractivity contribution in [3.05, 3.63) is 45.2 Å². The van der Waals surface area contributed by atoms with Crippen LogP contribution in [0.5, 0.6) is 0 Å². The molecular formula is C24H24F3N7O6S3. The highest BCUT2D eigenvalue weighted by Crippen LogP contribution is 2.44. The molecule has 1 saturated heterocycles. The summed E-state index contributed by atoms with van der Waals surface area (Å²) >= 11 is 3.72. The third-order valence-corrected chi connectivity index (χ3v) is 9.30. The standard InChI is InChI=1S/C24H24F3N7O6S3/c1-10-15(32-23(29)42-10)17(33-40-22(39)24(25,26)27)19(35)31-16-12-2-3-14(18(21(37)38)34(12)20(16)36)43-13-4-6-30-8-11(13)9-41-7-5-28/h4,6,8,12,16H,2-3,5,7,9,28H2,1H3,(H2,29,32)(H,31,35)(H,37,38)/b33-17-/t12?,16-/m1/s1. The monoisotopic (exact) mass is 659 g/mol. The number of aliphatic carboxylic acids is 1. The van der Waals surface area contributed by atoms with E-state index in [9.17, 15) is 37.5 Å². The number of hydrogen-bond donors (Lipinski definition) is 4. The number of nitrogens with one attached hydrogen (secondary N) is 1. The van der Waals surface area contributed by atoms with Crippen molar-refractivity contribution in [1.29, 1.82) is 0 Å². The van der Waals surface area contributed by atoms with E-state index in [0.29, 0.717) is 17.2 Å². The fraction of sp³-hybridized carbons (Fsp3) is 0.375. The van der Waals surface area contributed by atoms with Crippen molar-refractivity contribution in [2.24, 2.45) is 10.9 Å². The molecule has 0 aliphatic carbocycles. The number of nitrogen functional groups attached to an aromatic ring is 1. The van der Waals surface area contributed by atoms with Crippen LogP contribution >= 0.6 is 34.9 Å². The first-order valence-corrected chi connectivity index (χ1v) is 15.2. The maximum Gasteiger partial charge on any atom is 0.493 e. The lowest BCUT2D eigenvalue weighted by molar-refractivity contribution is -0.199. The Kier molecular flexibility index (Phi) is 9.98. The number of carboxylic acid groups (broad SMARTS) is 1. The molecule has 1 fully saturated rings. The molecule has 4 rings (SSSR count). The van der Waals surface area contributed by atoms with Crippen LogP contribution in [0, 0.1) is 6.92 Å². The molecule has 6 N–H and O–H groups in total. The van der Waals surface area contributed by atoms with Crippen molar-refractivity contribution in [2.75, 3.05) is 18.0 Å². The van der Waals surface area contributed by atoms with Gasteiger partial charge < -0.3 is 26.7 Å². The Hall–Kier alpha value is -3.68. The number of amides is 2. The topological polar surface area (TPSA) is 203 Å². The van der Waals surface area contributed by atoms with Crippen LogP contribution < -0.4 is 16.8 Å². The summed E-state index contributed by atoms with van der Waals surface area (Å²) in [6.07, 6.45) is -1.59. The largest absolute Gasteiger partial charge is 0.493 e. The molecule has 0 aromatic carbocycles. The van der Waals surface area contributed by atoms with Crippen molar-refractivity contribution >= 4 is 69.5 Å². The van der Waals surface area contributed by atoms with Gasteiger partial charge in [0.1, 0.15) is 17.4 Å². The second kappa shape index (κ2) is 13.3. The Bertz CT molecular complexity index is 1510. The van der Waals surface area contributed by atoms with Crippen LogP contribution in [0.2, 0.25) is 0 Å². The minimum Gasteiger partial charge on any atom is -0.477 e. The summed E-state index contributed by atoms with van der Waals surface area (Å²) in [5.41, 5.74) is 10.8. The Balaban J connectivity index is 1.55. The first-order valence-electron chi connectivity index (χ1n) is 12.4. The number of carbonyl (C=O) groups is 4. The molecule has 13 nitrogen and oxygen atoms in total. The van der Waals surface area contributed by atoms with E-state index in [-0.39, 0.29) is 34.2 Å². The quantitative estimate of drug-likeness (QED) is 0.0900. The summed E-state index contributed by atoms with van der Waals surface area (Å²) in [4.78, 5) is 64.4. The van der Waals surface area contributed by atoms with Crippen molar-refractivity contribution in [2.45, 2.75) is 48.7 Å². The number of nitrogens with two attached hydrogens (primary N) is 2. The minimum absolute atomic E-state index is 0.0371. The number of thioether (sulfide) groups is 2. The number of alkyl halides is 3. The van der Waals surface area contributed by atoms with Crippen LogP contribution in [-0.2, 0) is 29.8 Å². The minimum atomic E-state index is -5.39. The summed E-state index contributed by atoms with van der Waals surface area (Å²) < 4.78 is 38.0. The van der Waals surface area contributed by atoms with E-state index in [4.69, 9.17) is 11.5 Å². The van der Waals surface area contributed by atoms with Crippen LogP contribution in [-0.4, -0.2) is 80.0 Å². The number of rotatable bonds is 11. The first-order chi connectivity index (χ1) is 20.3. The Morgan fingerprint density at radius 3 is 2.72 bits per heavy atom. The predicted octanol–water partition coefficient (Wildman–Crippen LogP) is 2.01. The van der Waals surface area contributed by atoms with E-state index < -0.39 is 47.7 Å². The van der Waals surface area contributed by atoms with Crippen LogP contribution in [0.1, 0.15) is 29.0 Å². The number of aromatic nitrogens is 2. The molecule has 230 valence electrons. The molecule has 2 aromatic rings. The lowest BCUT2D eigenvalue weighted by Gasteiger charge is -2.50. The highest BCUT2D eigenvalue weighted by atomic mass is 32.2. The highest BCUT2D eigenvalue weighted by Gasteiger charge is 2.54. The summed E-state index contributed by atoms with van der Waals surface area (Å²) in [5.74, 6) is -4.59. The summed E-state index contributed by atoms with van der Waals surface area (Å²) in [6, 6.07) is -0.232. The number of β-lactam (4-membered cyclic amide) rings is 1. The highest BCUT2D eigenvalue weighted by molar-refractivity contribution is 8.03. The van der Waals surface area contributed by atoms with Gasteiger partial charge in [0.25, 0.3) is 11.8 Å². The van der Waals surface area contributed by atoms with E-state index in [1.165, 1.54) is 18.7 Å². The Morgan fingerprint density at radius 1 is 1.35 bits per heavy atom. The van der Waals surface area contributed by atoms with Crippen molar-refractivity contribution in [3.63, 3.8) is 0 Å². The zero-order chi connectivity index (χ0) is 31.5. The predicted molar refractivity (Wildman–Crippen MR) is 152 cm³/mol. The van der Waals surface area contributed by atoms with Gasteiger partial charge in [0.2, 0.25) is 0 Å². The molecule has 2 aliphatic rings. The number of aryl methyl sites for hydroxylation is 1. The molecule has 1 unspecified atom stereocenters. The zero-order valence-electron chi connectivity index (χ0n) is 22.2. The number of fused-ring (bicyclic) bond motifs is 1. The van der Waals surface area contributed by atoms with E-state index in [2.05, 4.69) is 25.3 Å². The molecule has 2 aromatic heterocycles. The number of hydrogen-bond acceptors (Lipinski definition) is 13. The maximum atomic E-state index is 13.2. The lowest BCUT2D eigenvalue weighted by atomic mass is 9.86. The third-order valence-electron chi connectivity index (χ3n) is 6.20. The number of carboxylic acids is 1. The molecule has 4 heterocycles. The average molecular weight is 660 g/mol. The van der Waals surface area contributed by atoms with Crippen molar-refractivity contribution in [1.82, 2.24) is 20.2 Å². The Labute approximate surface area is 254 Å². The van der Waals surface area contributed by atoms with Crippen LogP contribution in [0.15, 0.2) is 39.1 Å².